The highest BCUT2D eigenvalue weighted by Gasteiger charge is 2.24. The van der Waals surface area contributed by atoms with E-state index in [1.165, 1.54) is 0 Å². The molecule has 0 saturated carbocycles. The van der Waals surface area contributed by atoms with Gasteiger partial charge in [-0.3, -0.25) is 4.79 Å². The van der Waals surface area contributed by atoms with Crippen molar-refractivity contribution >= 4 is 17.7 Å². The van der Waals surface area contributed by atoms with Crippen molar-refractivity contribution in [2.75, 3.05) is 18.1 Å². The van der Waals surface area contributed by atoms with Crippen molar-refractivity contribution in [3.63, 3.8) is 0 Å². The molecule has 0 aromatic heterocycles. The monoisotopic (exact) mass is 231 g/mol. The average Bonchev–Trinajstić information content (AvgIpc) is 2.70. The number of amides is 1. The smallest absolute Gasteiger partial charge is 0.249 e. The number of hydrogen-bond acceptors (Lipinski definition) is 3. The molecule has 0 radical (unpaired) electrons. The van der Waals surface area contributed by atoms with Gasteiger partial charge in [-0.25, -0.2) is 0 Å². The number of hydrogen-bond donors (Lipinski definition) is 1. The first-order valence-corrected chi connectivity index (χ1v) is 6.89. The van der Waals surface area contributed by atoms with Crippen molar-refractivity contribution < 1.29 is 9.53 Å². The molecular weight excluding hydrogens is 210 g/mol. The van der Waals surface area contributed by atoms with Gasteiger partial charge in [-0.2, -0.15) is 11.8 Å². The molecule has 15 heavy (non-hydrogen) atoms. The van der Waals surface area contributed by atoms with E-state index >= 15 is 0 Å². The molecule has 2 unspecified atom stereocenters. The quantitative estimate of drug-likeness (QED) is 0.709. The van der Waals surface area contributed by atoms with Gasteiger partial charge in [-0.1, -0.05) is 6.92 Å². The molecule has 0 aliphatic carbocycles. The minimum Gasteiger partial charge on any atom is -0.368 e. The number of ether oxygens (including phenoxy) is 1. The zero-order chi connectivity index (χ0) is 11.1. The van der Waals surface area contributed by atoms with E-state index in [2.05, 4.69) is 19.2 Å². The van der Waals surface area contributed by atoms with Crippen LogP contribution in [0.3, 0.4) is 0 Å². The van der Waals surface area contributed by atoms with Gasteiger partial charge in [0.15, 0.2) is 0 Å². The average molecular weight is 231 g/mol. The first-order valence-electron chi connectivity index (χ1n) is 5.73. The van der Waals surface area contributed by atoms with Gasteiger partial charge in [0.2, 0.25) is 5.91 Å². The Morgan fingerprint density at radius 3 is 3.07 bits per heavy atom. The number of thioether (sulfide) groups is 1. The van der Waals surface area contributed by atoms with Gasteiger partial charge in [0.1, 0.15) is 6.10 Å². The van der Waals surface area contributed by atoms with Crippen LogP contribution in [0.4, 0.5) is 0 Å². The summed E-state index contributed by atoms with van der Waals surface area (Å²) in [5.74, 6) is 2.33. The van der Waals surface area contributed by atoms with E-state index in [-0.39, 0.29) is 18.1 Å². The Hall–Kier alpha value is -0.220. The second kappa shape index (κ2) is 7.12. The Balaban J connectivity index is 2.13. The van der Waals surface area contributed by atoms with E-state index < -0.39 is 0 Å². The van der Waals surface area contributed by atoms with Crippen LogP contribution in [-0.4, -0.2) is 36.2 Å². The zero-order valence-electron chi connectivity index (χ0n) is 9.62. The molecule has 1 saturated heterocycles. The number of carbonyl (C=O) groups excluding carboxylic acids is 1. The summed E-state index contributed by atoms with van der Waals surface area (Å²) in [5.41, 5.74) is 0. The van der Waals surface area contributed by atoms with Crippen LogP contribution in [0.1, 0.15) is 33.1 Å². The topological polar surface area (TPSA) is 38.3 Å². The highest BCUT2D eigenvalue weighted by atomic mass is 32.2. The summed E-state index contributed by atoms with van der Waals surface area (Å²) >= 11 is 1.91. The van der Waals surface area contributed by atoms with Crippen LogP contribution in [0.15, 0.2) is 0 Å². The maximum atomic E-state index is 11.6. The summed E-state index contributed by atoms with van der Waals surface area (Å²) in [6.07, 6.45) is 2.74. The fraction of sp³-hybridized carbons (Fsp3) is 0.909. The van der Waals surface area contributed by atoms with Gasteiger partial charge < -0.3 is 10.1 Å². The molecule has 0 aromatic rings. The molecule has 2 atom stereocenters. The summed E-state index contributed by atoms with van der Waals surface area (Å²) in [7, 11) is 0. The normalized spacial score (nSPS) is 22.7. The Labute approximate surface area is 96.3 Å². The van der Waals surface area contributed by atoms with Gasteiger partial charge >= 0.3 is 0 Å². The van der Waals surface area contributed by atoms with E-state index in [0.717, 1.165) is 37.4 Å². The summed E-state index contributed by atoms with van der Waals surface area (Å²) in [6.45, 7) is 4.95. The van der Waals surface area contributed by atoms with Crippen LogP contribution >= 0.6 is 11.8 Å². The fourth-order valence-electron chi connectivity index (χ4n) is 1.60. The molecule has 1 fully saturated rings. The van der Waals surface area contributed by atoms with Crippen LogP contribution in [-0.2, 0) is 9.53 Å². The van der Waals surface area contributed by atoms with Crippen molar-refractivity contribution in [2.45, 2.75) is 45.3 Å². The van der Waals surface area contributed by atoms with Crippen molar-refractivity contribution in [3.05, 3.63) is 0 Å². The second-order valence-corrected chi connectivity index (χ2v) is 5.29. The van der Waals surface area contributed by atoms with Crippen LogP contribution in [0, 0.1) is 0 Å². The molecule has 0 spiro atoms. The molecule has 4 heteroatoms. The lowest BCUT2D eigenvalue weighted by Gasteiger charge is -2.16. The maximum absolute atomic E-state index is 11.6. The summed E-state index contributed by atoms with van der Waals surface area (Å²) in [6, 6.07) is 0.265. The number of nitrogens with one attached hydrogen (secondary N) is 1. The molecule has 1 rings (SSSR count). The molecule has 0 bridgehead atoms. The molecule has 3 nitrogen and oxygen atoms in total. The molecule has 1 aliphatic rings. The lowest BCUT2D eigenvalue weighted by molar-refractivity contribution is -0.130. The molecule has 1 heterocycles. The summed E-state index contributed by atoms with van der Waals surface area (Å²) in [4.78, 5) is 11.6. The van der Waals surface area contributed by atoms with Gasteiger partial charge in [0.25, 0.3) is 0 Å². The van der Waals surface area contributed by atoms with Crippen molar-refractivity contribution in [2.24, 2.45) is 0 Å². The molecule has 0 aromatic carbocycles. The number of rotatable bonds is 6. The fourth-order valence-corrected chi connectivity index (χ4v) is 2.41. The van der Waals surface area contributed by atoms with E-state index in [4.69, 9.17) is 4.74 Å². The summed E-state index contributed by atoms with van der Waals surface area (Å²) < 4.78 is 5.32. The standard InChI is InChI=1S/C11H21NO2S/c1-3-15-8-6-9(2)12-11(13)10-5-4-7-14-10/h9-10H,3-8H2,1-2H3,(H,12,13). The van der Waals surface area contributed by atoms with Crippen LogP contribution in [0.25, 0.3) is 0 Å². The van der Waals surface area contributed by atoms with Gasteiger partial charge in [0, 0.05) is 12.6 Å². The van der Waals surface area contributed by atoms with E-state index in [9.17, 15) is 4.79 Å². The zero-order valence-corrected chi connectivity index (χ0v) is 10.4. The molecule has 1 N–H and O–H groups in total. The van der Waals surface area contributed by atoms with Gasteiger partial charge in [0.05, 0.1) is 0 Å². The van der Waals surface area contributed by atoms with Crippen molar-refractivity contribution in [1.29, 1.82) is 0 Å². The molecule has 1 aliphatic heterocycles. The van der Waals surface area contributed by atoms with Gasteiger partial charge in [-0.05, 0) is 37.7 Å². The maximum Gasteiger partial charge on any atom is 0.249 e. The van der Waals surface area contributed by atoms with Crippen molar-refractivity contribution in [3.8, 4) is 0 Å². The predicted molar refractivity (Wildman–Crippen MR) is 64.2 cm³/mol. The third-order valence-electron chi connectivity index (χ3n) is 2.51. The predicted octanol–water partition coefficient (Wildman–Crippen LogP) is 1.81. The first kappa shape index (κ1) is 12.8. The first-order chi connectivity index (χ1) is 7.24. The Morgan fingerprint density at radius 1 is 1.67 bits per heavy atom. The Morgan fingerprint density at radius 2 is 2.47 bits per heavy atom. The minimum absolute atomic E-state index is 0.0708. The van der Waals surface area contributed by atoms with Gasteiger partial charge in [-0.15, -0.1) is 0 Å². The Kier molecular flexibility index (Phi) is 6.10. The highest BCUT2D eigenvalue weighted by Crippen LogP contribution is 2.12. The van der Waals surface area contributed by atoms with Crippen molar-refractivity contribution in [1.82, 2.24) is 5.32 Å². The minimum atomic E-state index is -0.189. The van der Waals surface area contributed by atoms with Crippen LogP contribution in [0.2, 0.25) is 0 Å². The van der Waals surface area contributed by atoms with Crippen LogP contribution in [0.5, 0.6) is 0 Å². The Bertz CT molecular complexity index is 193. The van der Waals surface area contributed by atoms with E-state index in [1.807, 2.05) is 11.8 Å². The number of carbonyl (C=O) groups is 1. The van der Waals surface area contributed by atoms with E-state index in [1.54, 1.807) is 0 Å². The molecular formula is C11H21NO2S. The summed E-state index contributed by atoms with van der Waals surface area (Å²) in [5, 5.41) is 3.00. The molecule has 88 valence electrons. The second-order valence-electron chi connectivity index (χ2n) is 3.90. The highest BCUT2D eigenvalue weighted by molar-refractivity contribution is 7.99. The largest absolute Gasteiger partial charge is 0.368 e. The molecule has 1 amide bonds. The SMILES string of the molecule is CCSCCC(C)NC(=O)C1CCCO1. The lowest BCUT2D eigenvalue weighted by Crippen LogP contribution is -2.40. The van der Waals surface area contributed by atoms with E-state index in [0.29, 0.717) is 0 Å². The third-order valence-corrected chi connectivity index (χ3v) is 3.44. The third kappa shape index (κ3) is 4.89. The lowest BCUT2D eigenvalue weighted by atomic mass is 10.2. The van der Waals surface area contributed by atoms with Crippen LogP contribution < -0.4 is 5.32 Å².